The van der Waals surface area contributed by atoms with Gasteiger partial charge in [-0.15, -0.1) is 0 Å². The van der Waals surface area contributed by atoms with Gasteiger partial charge in [-0.25, -0.2) is 12.8 Å². The number of benzene rings is 1. The molecular formula is C12H15ClFNO3S. The van der Waals surface area contributed by atoms with Gasteiger partial charge in [-0.1, -0.05) is 13.8 Å². The first-order chi connectivity index (χ1) is 8.62. The Morgan fingerprint density at radius 3 is 2.47 bits per heavy atom. The third kappa shape index (κ3) is 4.18. The third-order valence-electron chi connectivity index (χ3n) is 2.43. The molecule has 0 aromatic heterocycles. The summed E-state index contributed by atoms with van der Waals surface area (Å²) >= 11 is 0. The number of halogens is 2. The molecule has 1 N–H and O–H groups in total. The Morgan fingerprint density at radius 1 is 1.42 bits per heavy atom. The molecule has 0 atom stereocenters. The average molecular weight is 308 g/mol. The molecule has 0 fully saturated rings. The van der Waals surface area contributed by atoms with E-state index >= 15 is 0 Å². The van der Waals surface area contributed by atoms with Gasteiger partial charge < -0.3 is 5.32 Å². The third-order valence-corrected chi connectivity index (χ3v) is 3.76. The molecule has 7 heteroatoms. The highest BCUT2D eigenvalue weighted by Crippen LogP contribution is 2.22. The Morgan fingerprint density at radius 2 is 2.00 bits per heavy atom. The van der Waals surface area contributed by atoms with E-state index in [1.54, 1.807) is 0 Å². The van der Waals surface area contributed by atoms with Crippen molar-refractivity contribution in [2.24, 2.45) is 5.92 Å². The maximum Gasteiger partial charge on any atom is 0.261 e. The highest BCUT2D eigenvalue weighted by molar-refractivity contribution is 8.13. The summed E-state index contributed by atoms with van der Waals surface area (Å²) in [6.07, 6.45) is 0. The molecule has 1 amide bonds. The van der Waals surface area contributed by atoms with Crippen LogP contribution in [0, 0.1) is 18.7 Å². The molecule has 0 bridgehead atoms. The summed E-state index contributed by atoms with van der Waals surface area (Å²) in [5.41, 5.74) is -0.267. The summed E-state index contributed by atoms with van der Waals surface area (Å²) in [5.74, 6) is -1.20. The fraction of sp³-hybridized carbons (Fsp3) is 0.417. The molecule has 0 heterocycles. The van der Waals surface area contributed by atoms with Crippen molar-refractivity contribution >= 4 is 25.6 Å². The highest BCUT2D eigenvalue weighted by Gasteiger charge is 2.20. The number of nitrogens with one attached hydrogen (secondary N) is 1. The summed E-state index contributed by atoms with van der Waals surface area (Å²) in [7, 11) is 1.20. The van der Waals surface area contributed by atoms with Crippen LogP contribution >= 0.6 is 10.7 Å². The molecule has 0 saturated heterocycles. The van der Waals surface area contributed by atoms with Gasteiger partial charge in [0.05, 0.1) is 10.5 Å². The van der Waals surface area contributed by atoms with Crippen molar-refractivity contribution in [3.63, 3.8) is 0 Å². The lowest BCUT2D eigenvalue weighted by molar-refractivity contribution is 0.0944. The van der Waals surface area contributed by atoms with Crippen molar-refractivity contribution < 1.29 is 17.6 Å². The van der Waals surface area contributed by atoms with Crippen LogP contribution in [0.1, 0.15) is 29.8 Å². The SMILES string of the molecule is Cc1cc(S(=O)(=O)Cl)cc(C(=O)NCC(C)C)c1F. The van der Waals surface area contributed by atoms with Crippen molar-refractivity contribution in [3.8, 4) is 0 Å². The van der Waals surface area contributed by atoms with Crippen molar-refractivity contribution in [2.45, 2.75) is 25.7 Å². The molecule has 0 unspecified atom stereocenters. The number of hydrogen-bond donors (Lipinski definition) is 1. The fourth-order valence-electron chi connectivity index (χ4n) is 1.43. The van der Waals surface area contributed by atoms with E-state index in [1.807, 2.05) is 13.8 Å². The standard InChI is InChI=1S/C12H15ClFNO3S/c1-7(2)6-15-12(16)10-5-9(19(13,17)18)4-8(3)11(10)14/h4-5,7H,6H2,1-3H3,(H,15,16). The van der Waals surface area contributed by atoms with E-state index in [1.165, 1.54) is 6.92 Å². The van der Waals surface area contributed by atoms with Gasteiger partial charge in [-0.2, -0.15) is 0 Å². The van der Waals surface area contributed by atoms with Gasteiger partial charge in [-0.3, -0.25) is 4.79 Å². The second-order valence-electron chi connectivity index (χ2n) is 4.64. The van der Waals surface area contributed by atoms with E-state index in [0.717, 1.165) is 12.1 Å². The predicted molar refractivity (Wildman–Crippen MR) is 71.3 cm³/mol. The molecule has 1 aromatic carbocycles. The van der Waals surface area contributed by atoms with Crippen molar-refractivity contribution in [1.82, 2.24) is 5.32 Å². The maximum absolute atomic E-state index is 13.8. The second kappa shape index (κ2) is 5.88. The van der Waals surface area contributed by atoms with E-state index < -0.39 is 20.8 Å². The topological polar surface area (TPSA) is 63.2 Å². The second-order valence-corrected chi connectivity index (χ2v) is 7.21. The van der Waals surface area contributed by atoms with Crippen LogP contribution in [0.3, 0.4) is 0 Å². The minimum Gasteiger partial charge on any atom is -0.352 e. The van der Waals surface area contributed by atoms with Crippen LogP contribution < -0.4 is 5.32 Å². The van der Waals surface area contributed by atoms with Crippen molar-refractivity contribution in [2.75, 3.05) is 6.54 Å². The fourth-order valence-corrected chi connectivity index (χ4v) is 2.28. The van der Waals surface area contributed by atoms with E-state index in [-0.39, 0.29) is 21.9 Å². The molecule has 0 aliphatic carbocycles. The van der Waals surface area contributed by atoms with Crippen LogP contribution in [0.2, 0.25) is 0 Å². The van der Waals surface area contributed by atoms with Crippen LogP contribution in [0.25, 0.3) is 0 Å². The van der Waals surface area contributed by atoms with Gasteiger partial charge in [0.2, 0.25) is 0 Å². The van der Waals surface area contributed by atoms with Crippen molar-refractivity contribution in [1.29, 1.82) is 0 Å². The first-order valence-corrected chi connectivity index (χ1v) is 7.97. The number of carbonyl (C=O) groups excluding carboxylic acids is 1. The molecule has 19 heavy (non-hydrogen) atoms. The quantitative estimate of drug-likeness (QED) is 0.869. The lowest BCUT2D eigenvalue weighted by atomic mass is 10.1. The molecule has 0 aliphatic rings. The van der Waals surface area contributed by atoms with Crippen LogP contribution in [0.5, 0.6) is 0 Å². The van der Waals surface area contributed by atoms with Crippen LogP contribution in [-0.4, -0.2) is 20.9 Å². The molecule has 1 rings (SSSR count). The van der Waals surface area contributed by atoms with Gasteiger partial charge >= 0.3 is 0 Å². The number of hydrogen-bond acceptors (Lipinski definition) is 3. The number of carbonyl (C=O) groups is 1. The minimum absolute atomic E-state index is 0.0522. The Kier molecular flexibility index (Phi) is 4.92. The largest absolute Gasteiger partial charge is 0.352 e. The van der Waals surface area contributed by atoms with E-state index in [9.17, 15) is 17.6 Å². The maximum atomic E-state index is 13.8. The first-order valence-electron chi connectivity index (χ1n) is 5.66. The molecule has 0 radical (unpaired) electrons. The van der Waals surface area contributed by atoms with Gasteiger partial charge in [-0.05, 0) is 30.5 Å². The normalized spacial score (nSPS) is 11.7. The Labute approximate surface area is 116 Å². The highest BCUT2D eigenvalue weighted by atomic mass is 35.7. The summed E-state index contributed by atoms with van der Waals surface area (Å²) in [5, 5.41) is 2.53. The Bertz CT molecular complexity index is 599. The Hall–Kier alpha value is -1.14. The summed E-state index contributed by atoms with van der Waals surface area (Å²) < 4.78 is 36.3. The van der Waals surface area contributed by atoms with E-state index in [4.69, 9.17) is 10.7 Å². The zero-order valence-corrected chi connectivity index (χ0v) is 12.4. The molecule has 1 aromatic rings. The van der Waals surface area contributed by atoms with Gasteiger partial charge in [0.1, 0.15) is 5.82 Å². The summed E-state index contributed by atoms with van der Waals surface area (Å²) in [6, 6.07) is 2.04. The van der Waals surface area contributed by atoms with E-state index in [0.29, 0.717) is 6.54 Å². The lowest BCUT2D eigenvalue weighted by Crippen LogP contribution is -2.28. The number of aryl methyl sites for hydroxylation is 1. The van der Waals surface area contributed by atoms with Crippen LogP contribution in [0.4, 0.5) is 4.39 Å². The monoisotopic (exact) mass is 307 g/mol. The molecule has 106 valence electrons. The zero-order chi connectivity index (χ0) is 14.8. The van der Waals surface area contributed by atoms with E-state index in [2.05, 4.69) is 5.32 Å². The number of rotatable bonds is 4. The smallest absolute Gasteiger partial charge is 0.261 e. The lowest BCUT2D eigenvalue weighted by Gasteiger charge is -2.10. The molecule has 0 saturated carbocycles. The van der Waals surface area contributed by atoms with Crippen LogP contribution in [0.15, 0.2) is 17.0 Å². The zero-order valence-electron chi connectivity index (χ0n) is 10.8. The molecule has 4 nitrogen and oxygen atoms in total. The number of amides is 1. The summed E-state index contributed by atoms with van der Waals surface area (Å²) in [4.78, 5) is 11.5. The molecule has 0 spiro atoms. The Balaban J connectivity index is 3.20. The summed E-state index contributed by atoms with van der Waals surface area (Å²) in [6.45, 7) is 5.53. The van der Waals surface area contributed by atoms with Gasteiger partial charge in [0.25, 0.3) is 15.0 Å². The van der Waals surface area contributed by atoms with Crippen LogP contribution in [-0.2, 0) is 9.05 Å². The first kappa shape index (κ1) is 15.9. The minimum atomic E-state index is -4.00. The molecular weight excluding hydrogens is 293 g/mol. The predicted octanol–water partition coefficient (Wildman–Crippen LogP) is 2.45. The van der Waals surface area contributed by atoms with Crippen molar-refractivity contribution in [3.05, 3.63) is 29.1 Å². The van der Waals surface area contributed by atoms with Gasteiger partial charge in [0.15, 0.2) is 0 Å². The van der Waals surface area contributed by atoms with Gasteiger partial charge in [0, 0.05) is 17.2 Å². The molecule has 0 aliphatic heterocycles. The average Bonchev–Trinajstić information content (AvgIpc) is 2.27.